The number of nitrogens with zero attached hydrogens (tertiary/aromatic N) is 1. The maximum Gasteiger partial charge on any atom is 0.290 e. The molecule has 8 heteroatoms. The minimum absolute atomic E-state index is 0.0128. The van der Waals surface area contributed by atoms with Gasteiger partial charge in [0.25, 0.3) is 5.91 Å². The third-order valence-electron chi connectivity index (χ3n) is 5.10. The van der Waals surface area contributed by atoms with Crippen molar-refractivity contribution in [3.63, 3.8) is 0 Å². The number of amides is 1. The highest BCUT2D eigenvalue weighted by Crippen LogP contribution is 2.42. The van der Waals surface area contributed by atoms with Crippen molar-refractivity contribution in [1.29, 1.82) is 0 Å². The van der Waals surface area contributed by atoms with E-state index >= 15 is 0 Å². The highest BCUT2D eigenvalue weighted by molar-refractivity contribution is 7.10. The van der Waals surface area contributed by atoms with E-state index in [0.717, 1.165) is 17.7 Å². The highest BCUT2D eigenvalue weighted by atomic mass is 35.5. The summed E-state index contributed by atoms with van der Waals surface area (Å²) in [7, 11) is 1.48. The van der Waals surface area contributed by atoms with Crippen LogP contribution >= 0.6 is 22.9 Å². The Morgan fingerprint density at radius 2 is 2.17 bits per heavy atom. The van der Waals surface area contributed by atoms with Gasteiger partial charge in [-0.2, -0.15) is 0 Å². The van der Waals surface area contributed by atoms with E-state index in [0.29, 0.717) is 28.3 Å². The van der Waals surface area contributed by atoms with Crippen LogP contribution in [0.1, 0.15) is 41.2 Å². The summed E-state index contributed by atoms with van der Waals surface area (Å²) in [5.74, 6) is -1.19. The van der Waals surface area contributed by atoms with Gasteiger partial charge in [0.05, 0.1) is 18.7 Å². The summed E-state index contributed by atoms with van der Waals surface area (Å²) in [6.07, 6.45) is 1.65. The van der Waals surface area contributed by atoms with Crippen LogP contribution in [-0.4, -0.2) is 35.4 Å². The fourth-order valence-electron chi connectivity index (χ4n) is 3.67. The first-order valence-electron chi connectivity index (χ1n) is 9.55. The first-order valence-corrected chi connectivity index (χ1v) is 10.8. The number of thiophene rings is 1. The summed E-state index contributed by atoms with van der Waals surface area (Å²) in [6, 6.07) is 7.88. The first kappa shape index (κ1) is 20.5. The summed E-state index contributed by atoms with van der Waals surface area (Å²) in [6.45, 7) is 2.47. The standard InChI is InChI=1S/C22H20ClNO5S/c1-3-4-7-24-18(16-6-5-8-30-16)17(20(26)22(24)27)19(25)14-10-12-9-13(23)11-15(28-2)21(12)29-14/h5-6,8-11,18,26H,3-4,7H2,1-2H3. The number of fused-ring (bicyclic) bond motifs is 1. The van der Waals surface area contributed by atoms with Gasteiger partial charge >= 0.3 is 0 Å². The van der Waals surface area contributed by atoms with E-state index < -0.39 is 23.5 Å². The SMILES string of the molecule is CCCCN1C(=O)C(O)=C(C(=O)c2cc3cc(Cl)cc(OC)c3o2)C1c1cccs1. The largest absolute Gasteiger partial charge is 0.503 e. The van der Waals surface area contributed by atoms with Crippen LogP contribution in [0.25, 0.3) is 11.0 Å². The molecule has 3 aromatic rings. The second kappa shape index (κ2) is 8.16. The molecule has 3 heterocycles. The number of ketones is 1. The molecule has 156 valence electrons. The summed E-state index contributed by atoms with van der Waals surface area (Å²) < 4.78 is 11.1. The van der Waals surface area contributed by atoms with Crippen molar-refractivity contribution in [3.8, 4) is 5.75 Å². The number of hydrogen-bond donors (Lipinski definition) is 1. The van der Waals surface area contributed by atoms with Crippen LogP contribution < -0.4 is 4.74 Å². The number of methoxy groups -OCH3 is 1. The summed E-state index contributed by atoms with van der Waals surface area (Å²) >= 11 is 7.54. The zero-order chi connectivity index (χ0) is 21.4. The summed E-state index contributed by atoms with van der Waals surface area (Å²) in [5, 5.41) is 13.6. The smallest absolute Gasteiger partial charge is 0.290 e. The van der Waals surface area contributed by atoms with Gasteiger partial charge in [-0.1, -0.05) is 31.0 Å². The molecule has 1 aromatic carbocycles. The van der Waals surface area contributed by atoms with Gasteiger partial charge in [0.15, 0.2) is 22.9 Å². The molecule has 0 spiro atoms. The van der Waals surface area contributed by atoms with Gasteiger partial charge in [0.2, 0.25) is 5.78 Å². The normalized spacial score (nSPS) is 16.7. The van der Waals surface area contributed by atoms with Crippen LogP contribution in [0.4, 0.5) is 0 Å². The predicted octanol–water partition coefficient (Wildman–Crippen LogP) is 5.53. The van der Waals surface area contributed by atoms with E-state index in [4.69, 9.17) is 20.8 Å². The van der Waals surface area contributed by atoms with Crippen LogP contribution in [0.15, 0.2) is 51.5 Å². The minimum atomic E-state index is -0.643. The second-order valence-corrected chi connectivity index (χ2v) is 8.41. The van der Waals surface area contributed by atoms with Gasteiger partial charge in [0, 0.05) is 27.9 Å². The number of carbonyl (C=O) groups is 2. The Balaban J connectivity index is 1.80. The molecule has 0 saturated heterocycles. The molecule has 0 bridgehead atoms. The topological polar surface area (TPSA) is 80.0 Å². The van der Waals surface area contributed by atoms with E-state index in [-0.39, 0.29) is 11.3 Å². The van der Waals surface area contributed by atoms with Crippen LogP contribution in [0.2, 0.25) is 5.02 Å². The molecule has 4 rings (SSSR count). The Labute approximate surface area is 182 Å². The third kappa shape index (κ3) is 3.38. The average molecular weight is 446 g/mol. The van der Waals surface area contributed by atoms with Crippen molar-refractivity contribution in [2.75, 3.05) is 13.7 Å². The lowest BCUT2D eigenvalue weighted by Crippen LogP contribution is -2.31. The van der Waals surface area contributed by atoms with Crippen LogP contribution in [-0.2, 0) is 4.79 Å². The molecule has 30 heavy (non-hydrogen) atoms. The molecule has 6 nitrogen and oxygen atoms in total. The molecular formula is C22H20ClNO5S. The highest BCUT2D eigenvalue weighted by Gasteiger charge is 2.44. The number of furan rings is 1. The van der Waals surface area contributed by atoms with Crippen LogP contribution in [0.3, 0.4) is 0 Å². The number of carbonyl (C=O) groups excluding carboxylic acids is 2. The third-order valence-corrected chi connectivity index (χ3v) is 6.25. The fraction of sp³-hybridized carbons (Fsp3) is 0.273. The molecule has 0 aliphatic carbocycles. The van der Waals surface area contributed by atoms with E-state index in [9.17, 15) is 14.7 Å². The number of benzene rings is 1. The molecule has 1 N–H and O–H groups in total. The van der Waals surface area contributed by atoms with Crippen molar-refractivity contribution < 1.29 is 23.8 Å². The van der Waals surface area contributed by atoms with Gasteiger partial charge in [-0.05, 0) is 30.0 Å². The van der Waals surface area contributed by atoms with Crippen molar-refractivity contribution >= 4 is 45.6 Å². The molecule has 1 unspecified atom stereocenters. The summed E-state index contributed by atoms with van der Waals surface area (Å²) in [4.78, 5) is 28.6. The Bertz CT molecular complexity index is 1150. The zero-order valence-electron chi connectivity index (χ0n) is 16.5. The number of unbranched alkanes of at least 4 members (excludes halogenated alkanes) is 1. The first-order chi connectivity index (χ1) is 14.5. The quantitative estimate of drug-likeness (QED) is 0.483. The molecule has 2 aromatic heterocycles. The van der Waals surface area contributed by atoms with Crippen molar-refractivity contribution in [2.24, 2.45) is 0 Å². The van der Waals surface area contributed by atoms with Gasteiger partial charge < -0.3 is 19.2 Å². The Kier molecular flexibility index (Phi) is 5.58. The second-order valence-electron chi connectivity index (χ2n) is 7.00. The Hall–Kier alpha value is -2.77. The van der Waals surface area contributed by atoms with Crippen molar-refractivity contribution in [2.45, 2.75) is 25.8 Å². The Morgan fingerprint density at radius 1 is 1.37 bits per heavy atom. The van der Waals surface area contributed by atoms with E-state index in [1.165, 1.54) is 18.4 Å². The lowest BCUT2D eigenvalue weighted by Gasteiger charge is -2.25. The van der Waals surface area contributed by atoms with Crippen molar-refractivity contribution in [3.05, 3.63) is 62.7 Å². The lowest BCUT2D eigenvalue weighted by molar-refractivity contribution is -0.129. The predicted molar refractivity (Wildman–Crippen MR) is 115 cm³/mol. The van der Waals surface area contributed by atoms with E-state index in [2.05, 4.69) is 0 Å². The zero-order valence-corrected chi connectivity index (χ0v) is 18.0. The van der Waals surface area contributed by atoms with Crippen molar-refractivity contribution in [1.82, 2.24) is 4.90 Å². The number of Topliss-reactive ketones (excluding diaryl/α,β-unsaturated/α-hetero) is 1. The van der Waals surface area contributed by atoms with E-state index in [1.54, 1.807) is 23.1 Å². The van der Waals surface area contributed by atoms with Gasteiger partial charge in [-0.3, -0.25) is 9.59 Å². The monoisotopic (exact) mass is 445 g/mol. The number of hydrogen-bond acceptors (Lipinski definition) is 6. The Morgan fingerprint density at radius 3 is 2.83 bits per heavy atom. The number of rotatable bonds is 7. The maximum atomic E-state index is 13.4. The molecule has 0 saturated carbocycles. The molecule has 1 aliphatic rings. The number of halogens is 1. The molecule has 0 radical (unpaired) electrons. The molecular weight excluding hydrogens is 426 g/mol. The number of aliphatic hydroxyl groups excluding tert-OH is 1. The molecule has 0 fully saturated rings. The van der Waals surface area contributed by atoms with Gasteiger partial charge in [0.1, 0.15) is 0 Å². The molecule has 1 amide bonds. The van der Waals surface area contributed by atoms with Crippen LogP contribution in [0, 0.1) is 0 Å². The minimum Gasteiger partial charge on any atom is -0.503 e. The number of ether oxygens (including phenoxy) is 1. The summed E-state index contributed by atoms with van der Waals surface area (Å²) in [5.41, 5.74) is 0.410. The van der Waals surface area contributed by atoms with Crippen LogP contribution in [0.5, 0.6) is 5.75 Å². The maximum absolute atomic E-state index is 13.4. The fourth-order valence-corrected chi connectivity index (χ4v) is 4.73. The molecule has 1 atom stereocenters. The number of aliphatic hydroxyl groups is 1. The molecule has 1 aliphatic heterocycles. The van der Waals surface area contributed by atoms with Gasteiger partial charge in [-0.25, -0.2) is 0 Å². The average Bonchev–Trinajstić information content (AvgIpc) is 3.45. The van der Waals surface area contributed by atoms with E-state index in [1.807, 2.05) is 24.4 Å². The lowest BCUT2D eigenvalue weighted by atomic mass is 10.00. The van der Waals surface area contributed by atoms with Gasteiger partial charge in [-0.15, -0.1) is 11.3 Å².